The van der Waals surface area contributed by atoms with Gasteiger partial charge in [0.05, 0.1) is 17.7 Å². The highest BCUT2D eigenvalue weighted by atomic mass is 19.1. The Morgan fingerprint density at radius 2 is 1.87 bits per heavy atom. The van der Waals surface area contributed by atoms with Crippen LogP contribution in [0.2, 0.25) is 0 Å². The SMILES string of the molecule is COCC1(N(C)C(=O)c2ccc3c(-c4cc(F)cc5cccnc45)cccc3c2)CC1. The van der Waals surface area contributed by atoms with Crippen LogP contribution in [0.1, 0.15) is 23.2 Å². The Bertz CT molecular complexity index is 1310. The Hall–Kier alpha value is -3.31. The molecule has 0 N–H and O–H groups in total. The van der Waals surface area contributed by atoms with Crippen LogP contribution < -0.4 is 0 Å². The fourth-order valence-corrected chi connectivity index (χ4v) is 4.41. The average molecular weight is 414 g/mol. The van der Waals surface area contributed by atoms with E-state index in [4.69, 9.17) is 4.74 Å². The molecule has 1 aliphatic rings. The standard InChI is InChI=1S/C26H23FN2O2/c1-29(26(10-11-26)16-31-2)25(30)19-8-9-21-17(13-19)5-3-7-22(21)23-15-20(27)14-18-6-4-12-28-24(18)23/h3-9,12-15H,10-11,16H2,1-2H3. The molecule has 5 heteroatoms. The highest BCUT2D eigenvalue weighted by molar-refractivity contribution is 6.06. The molecule has 0 bridgehead atoms. The third-order valence-electron chi connectivity index (χ3n) is 6.34. The highest BCUT2D eigenvalue weighted by Crippen LogP contribution is 2.42. The summed E-state index contributed by atoms with van der Waals surface area (Å²) in [6, 6.07) is 18.3. The van der Waals surface area contributed by atoms with E-state index in [0.717, 1.165) is 45.6 Å². The Morgan fingerprint density at radius 1 is 1.06 bits per heavy atom. The van der Waals surface area contributed by atoms with Crippen molar-refractivity contribution in [3.8, 4) is 11.1 Å². The number of benzene rings is 3. The predicted molar refractivity (Wildman–Crippen MR) is 121 cm³/mol. The minimum atomic E-state index is -0.297. The number of fused-ring (bicyclic) bond motifs is 2. The van der Waals surface area contributed by atoms with E-state index in [0.29, 0.717) is 12.2 Å². The number of rotatable bonds is 5. The second-order valence-electron chi connectivity index (χ2n) is 8.29. The summed E-state index contributed by atoms with van der Waals surface area (Å²) >= 11 is 0. The Kier molecular flexibility index (Phi) is 4.71. The molecule has 0 radical (unpaired) electrons. The molecule has 31 heavy (non-hydrogen) atoms. The van der Waals surface area contributed by atoms with Gasteiger partial charge in [0.2, 0.25) is 0 Å². The molecule has 3 aromatic carbocycles. The van der Waals surface area contributed by atoms with Gasteiger partial charge in [0, 0.05) is 36.9 Å². The van der Waals surface area contributed by atoms with Crippen molar-refractivity contribution >= 4 is 27.6 Å². The van der Waals surface area contributed by atoms with Gasteiger partial charge in [0.1, 0.15) is 5.82 Å². The number of amides is 1. The number of carbonyl (C=O) groups excluding carboxylic acids is 1. The number of hydrogen-bond donors (Lipinski definition) is 0. The fraction of sp³-hybridized carbons (Fsp3) is 0.231. The molecule has 1 fully saturated rings. The monoisotopic (exact) mass is 414 g/mol. The van der Waals surface area contributed by atoms with Crippen LogP contribution in [0.4, 0.5) is 4.39 Å². The van der Waals surface area contributed by atoms with Gasteiger partial charge in [0.25, 0.3) is 5.91 Å². The normalized spacial score (nSPS) is 14.7. The molecule has 0 spiro atoms. The van der Waals surface area contributed by atoms with Gasteiger partial charge >= 0.3 is 0 Å². The predicted octanol–water partition coefficient (Wildman–Crippen LogP) is 5.45. The zero-order valence-electron chi connectivity index (χ0n) is 17.6. The molecule has 0 aliphatic heterocycles. The van der Waals surface area contributed by atoms with Gasteiger partial charge in [0.15, 0.2) is 0 Å². The van der Waals surface area contributed by atoms with Gasteiger partial charge in [-0.2, -0.15) is 0 Å². The zero-order valence-corrected chi connectivity index (χ0v) is 17.6. The molecule has 156 valence electrons. The summed E-state index contributed by atoms with van der Waals surface area (Å²) in [6.07, 6.45) is 3.64. The van der Waals surface area contributed by atoms with E-state index in [1.807, 2.05) is 54.4 Å². The zero-order chi connectivity index (χ0) is 21.6. The number of likely N-dealkylation sites (N-methyl/N-ethyl adjacent to an activating group) is 1. The molecule has 5 rings (SSSR count). The van der Waals surface area contributed by atoms with Gasteiger partial charge in [-0.1, -0.05) is 30.3 Å². The largest absolute Gasteiger partial charge is 0.382 e. The summed E-state index contributed by atoms with van der Waals surface area (Å²) in [4.78, 5) is 19.4. The summed E-state index contributed by atoms with van der Waals surface area (Å²) in [5.74, 6) is -0.312. The number of nitrogens with zero attached hydrogens (tertiary/aromatic N) is 2. The van der Waals surface area contributed by atoms with E-state index in [1.165, 1.54) is 12.1 Å². The number of ether oxygens (including phenoxy) is 1. The van der Waals surface area contributed by atoms with Crippen molar-refractivity contribution in [1.82, 2.24) is 9.88 Å². The lowest BCUT2D eigenvalue weighted by Gasteiger charge is -2.27. The molecule has 0 unspecified atom stereocenters. The van der Waals surface area contributed by atoms with Gasteiger partial charge in [-0.3, -0.25) is 9.78 Å². The van der Waals surface area contributed by atoms with Crippen LogP contribution in [0, 0.1) is 5.82 Å². The minimum Gasteiger partial charge on any atom is -0.382 e. The van der Waals surface area contributed by atoms with Gasteiger partial charge in [-0.25, -0.2) is 4.39 Å². The number of carbonyl (C=O) groups is 1. The van der Waals surface area contributed by atoms with E-state index >= 15 is 0 Å². The third kappa shape index (κ3) is 3.35. The lowest BCUT2D eigenvalue weighted by atomic mass is 9.95. The molecule has 4 nitrogen and oxygen atoms in total. The van der Waals surface area contributed by atoms with Crippen LogP contribution in [0.5, 0.6) is 0 Å². The number of halogens is 1. The Morgan fingerprint density at radius 3 is 2.65 bits per heavy atom. The number of hydrogen-bond acceptors (Lipinski definition) is 3. The van der Waals surface area contributed by atoms with Crippen LogP contribution in [0.15, 0.2) is 66.9 Å². The molecule has 1 heterocycles. The van der Waals surface area contributed by atoms with Crippen LogP contribution in [0.3, 0.4) is 0 Å². The van der Waals surface area contributed by atoms with Crippen LogP contribution in [-0.4, -0.2) is 42.1 Å². The maximum atomic E-state index is 14.3. The average Bonchev–Trinajstić information content (AvgIpc) is 3.57. The van der Waals surface area contributed by atoms with Crippen molar-refractivity contribution < 1.29 is 13.9 Å². The topological polar surface area (TPSA) is 42.4 Å². The molecule has 0 atom stereocenters. The quantitative estimate of drug-likeness (QED) is 0.436. The molecule has 4 aromatic rings. The molecule has 0 saturated heterocycles. The lowest BCUT2D eigenvalue weighted by Crippen LogP contribution is -2.42. The van der Waals surface area contributed by atoms with Crippen molar-refractivity contribution in [3.63, 3.8) is 0 Å². The van der Waals surface area contributed by atoms with Crippen molar-refractivity contribution in [2.75, 3.05) is 20.8 Å². The first-order valence-electron chi connectivity index (χ1n) is 10.4. The second kappa shape index (κ2) is 7.43. The Balaban J connectivity index is 1.59. The molecular formula is C26H23FN2O2. The third-order valence-corrected chi connectivity index (χ3v) is 6.34. The second-order valence-corrected chi connectivity index (χ2v) is 8.29. The van der Waals surface area contributed by atoms with Crippen molar-refractivity contribution in [1.29, 1.82) is 0 Å². The first kappa shape index (κ1) is 19.6. The lowest BCUT2D eigenvalue weighted by molar-refractivity contribution is 0.0551. The van der Waals surface area contributed by atoms with Gasteiger partial charge < -0.3 is 9.64 Å². The molecule has 1 amide bonds. The molecule has 1 aliphatic carbocycles. The number of aromatic nitrogens is 1. The smallest absolute Gasteiger partial charge is 0.254 e. The van der Waals surface area contributed by atoms with Crippen LogP contribution >= 0.6 is 0 Å². The van der Waals surface area contributed by atoms with E-state index in [1.54, 1.807) is 19.4 Å². The maximum Gasteiger partial charge on any atom is 0.254 e. The van der Waals surface area contributed by atoms with Crippen LogP contribution in [-0.2, 0) is 4.74 Å². The molecule has 1 aromatic heterocycles. The van der Waals surface area contributed by atoms with Gasteiger partial charge in [-0.05, 0) is 59.5 Å². The first-order valence-corrected chi connectivity index (χ1v) is 10.4. The van der Waals surface area contributed by atoms with Gasteiger partial charge in [-0.15, -0.1) is 0 Å². The summed E-state index contributed by atoms with van der Waals surface area (Å²) in [7, 11) is 3.51. The van der Waals surface area contributed by atoms with Crippen molar-refractivity contribution in [2.24, 2.45) is 0 Å². The fourth-order valence-electron chi connectivity index (χ4n) is 4.41. The summed E-state index contributed by atoms with van der Waals surface area (Å²) in [5.41, 5.74) is 2.85. The first-order chi connectivity index (χ1) is 15.0. The van der Waals surface area contributed by atoms with Crippen LogP contribution in [0.25, 0.3) is 32.8 Å². The molecular weight excluding hydrogens is 391 g/mol. The van der Waals surface area contributed by atoms with E-state index in [2.05, 4.69) is 4.98 Å². The van der Waals surface area contributed by atoms with E-state index < -0.39 is 0 Å². The molecule has 1 saturated carbocycles. The number of methoxy groups -OCH3 is 1. The maximum absolute atomic E-state index is 14.3. The summed E-state index contributed by atoms with van der Waals surface area (Å²) < 4.78 is 19.7. The van der Waals surface area contributed by atoms with E-state index in [9.17, 15) is 9.18 Å². The van der Waals surface area contributed by atoms with Crippen molar-refractivity contribution in [2.45, 2.75) is 18.4 Å². The van der Waals surface area contributed by atoms with Crippen molar-refractivity contribution in [3.05, 3.63) is 78.2 Å². The summed E-state index contributed by atoms with van der Waals surface area (Å²) in [5, 5.41) is 2.65. The summed E-state index contributed by atoms with van der Waals surface area (Å²) in [6.45, 7) is 0.548. The number of pyridine rings is 1. The minimum absolute atomic E-state index is 0.0141. The van der Waals surface area contributed by atoms with E-state index in [-0.39, 0.29) is 17.3 Å². The highest BCUT2D eigenvalue weighted by Gasteiger charge is 2.48. The Labute approximate surface area is 180 Å².